The van der Waals surface area contributed by atoms with E-state index in [0.717, 1.165) is 24.8 Å². The maximum atomic E-state index is 12.4. The van der Waals surface area contributed by atoms with Gasteiger partial charge in [0, 0.05) is 12.6 Å². The first-order valence-electron chi connectivity index (χ1n) is 7.65. The molecule has 0 aliphatic rings. The van der Waals surface area contributed by atoms with E-state index in [1.165, 1.54) is 0 Å². The van der Waals surface area contributed by atoms with Crippen LogP contribution >= 0.6 is 0 Å². The first kappa shape index (κ1) is 18.1. The van der Waals surface area contributed by atoms with Crippen LogP contribution in [0.25, 0.3) is 0 Å². The predicted octanol–water partition coefficient (Wildman–Crippen LogP) is 2.55. The van der Waals surface area contributed by atoms with Gasteiger partial charge in [0.1, 0.15) is 0 Å². The fourth-order valence-corrected chi connectivity index (χ4v) is 3.77. The first-order valence-corrected chi connectivity index (χ1v) is 9.13. The van der Waals surface area contributed by atoms with E-state index in [4.69, 9.17) is 0 Å². The van der Waals surface area contributed by atoms with Crippen molar-refractivity contribution in [3.63, 3.8) is 0 Å². The quantitative estimate of drug-likeness (QED) is 0.737. The normalized spacial score (nSPS) is 13.6. The van der Waals surface area contributed by atoms with Crippen molar-refractivity contribution in [3.8, 4) is 0 Å². The SMILES string of the molecule is CCCNS(=O)(=O)c1ccccc1CC(CC(C)C)NC. The molecule has 5 heteroatoms. The van der Waals surface area contributed by atoms with Crippen LogP contribution in [0, 0.1) is 5.92 Å². The third-order valence-corrected chi connectivity index (χ3v) is 5.00. The fraction of sp³-hybridized carbons (Fsp3) is 0.625. The first-order chi connectivity index (χ1) is 9.90. The lowest BCUT2D eigenvalue weighted by atomic mass is 9.97. The Balaban J connectivity index is 2.98. The average molecular weight is 312 g/mol. The lowest BCUT2D eigenvalue weighted by Crippen LogP contribution is -2.31. The van der Waals surface area contributed by atoms with Gasteiger partial charge < -0.3 is 5.32 Å². The van der Waals surface area contributed by atoms with Gasteiger partial charge in [-0.3, -0.25) is 0 Å². The average Bonchev–Trinajstić information content (AvgIpc) is 2.44. The lowest BCUT2D eigenvalue weighted by Gasteiger charge is -2.20. The summed E-state index contributed by atoms with van der Waals surface area (Å²) in [6.07, 6.45) is 2.53. The Hall–Kier alpha value is -0.910. The van der Waals surface area contributed by atoms with Crippen LogP contribution in [0.15, 0.2) is 29.2 Å². The van der Waals surface area contributed by atoms with Crippen molar-refractivity contribution in [2.75, 3.05) is 13.6 Å². The molecule has 0 amide bonds. The summed E-state index contributed by atoms with van der Waals surface area (Å²) in [5, 5.41) is 3.29. The molecule has 0 radical (unpaired) electrons. The summed E-state index contributed by atoms with van der Waals surface area (Å²) in [6.45, 7) is 6.78. The molecule has 0 saturated heterocycles. The van der Waals surface area contributed by atoms with Gasteiger partial charge in [-0.2, -0.15) is 0 Å². The van der Waals surface area contributed by atoms with Crippen molar-refractivity contribution in [2.45, 2.75) is 51.0 Å². The highest BCUT2D eigenvalue weighted by Crippen LogP contribution is 2.19. The van der Waals surface area contributed by atoms with Crippen molar-refractivity contribution in [2.24, 2.45) is 5.92 Å². The van der Waals surface area contributed by atoms with Crippen LogP contribution in [-0.4, -0.2) is 28.1 Å². The van der Waals surface area contributed by atoms with E-state index in [2.05, 4.69) is 23.9 Å². The minimum atomic E-state index is -3.41. The summed E-state index contributed by atoms with van der Waals surface area (Å²) in [7, 11) is -1.48. The molecule has 0 aromatic heterocycles. The molecule has 1 unspecified atom stereocenters. The minimum Gasteiger partial charge on any atom is -0.317 e. The number of nitrogens with one attached hydrogen (secondary N) is 2. The predicted molar refractivity (Wildman–Crippen MR) is 87.9 cm³/mol. The summed E-state index contributed by atoms with van der Waals surface area (Å²) in [5.41, 5.74) is 0.876. The smallest absolute Gasteiger partial charge is 0.240 e. The molecule has 21 heavy (non-hydrogen) atoms. The third-order valence-electron chi connectivity index (χ3n) is 3.43. The molecule has 0 saturated carbocycles. The zero-order valence-corrected chi connectivity index (χ0v) is 14.3. The van der Waals surface area contributed by atoms with E-state index in [0.29, 0.717) is 17.4 Å². The van der Waals surface area contributed by atoms with Gasteiger partial charge in [0.2, 0.25) is 10.0 Å². The zero-order chi connectivity index (χ0) is 15.9. The second-order valence-corrected chi connectivity index (χ2v) is 7.56. The summed E-state index contributed by atoms with van der Waals surface area (Å²) in [6, 6.07) is 7.56. The largest absolute Gasteiger partial charge is 0.317 e. The standard InChI is InChI=1S/C16H28N2O2S/c1-5-10-18-21(19,20)16-9-7-6-8-14(16)12-15(17-4)11-13(2)3/h6-9,13,15,17-18H,5,10-12H2,1-4H3. The number of hydrogen-bond donors (Lipinski definition) is 2. The van der Waals surface area contributed by atoms with Crippen LogP contribution in [0.1, 0.15) is 39.2 Å². The molecule has 2 N–H and O–H groups in total. The third kappa shape index (κ3) is 5.77. The van der Waals surface area contributed by atoms with Crippen LogP contribution in [0.5, 0.6) is 0 Å². The van der Waals surface area contributed by atoms with Gasteiger partial charge in [0.25, 0.3) is 0 Å². The molecule has 1 atom stereocenters. The molecular formula is C16H28N2O2S. The van der Waals surface area contributed by atoms with Gasteiger partial charge in [0.15, 0.2) is 0 Å². The Morgan fingerprint density at radius 1 is 1.19 bits per heavy atom. The highest BCUT2D eigenvalue weighted by molar-refractivity contribution is 7.89. The Morgan fingerprint density at radius 3 is 2.43 bits per heavy atom. The van der Waals surface area contributed by atoms with E-state index in [1.54, 1.807) is 12.1 Å². The van der Waals surface area contributed by atoms with Gasteiger partial charge >= 0.3 is 0 Å². The van der Waals surface area contributed by atoms with Gasteiger partial charge in [-0.1, -0.05) is 39.0 Å². The second kappa shape index (κ2) is 8.51. The summed E-state index contributed by atoms with van der Waals surface area (Å²) < 4.78 is 27.4. The highest BCUT2D eigenvalue weighted by atomic mass is 32.2. The molecule has 0 heterocycles. The minimum absolute atomic E-state index is 0.285. The molecule has 0 aliphatic carbocycles. The topological polar surface area (TPSA) is 58.2 Å². The fourth-order valence-electron chi connectivity index (χ4n) is 2.39. The Labute approximate surface area is 129 Å². The summed E-state index contributed by atoms with van der Waals surface area (Å²) >= 11 is 0. The Bertz CT molecular complexity index is 527. The maximum absolute atomic E-state index is 12.4. The van der Waals surface area contributed by atoms with Crippen LogP contribution in [0.3, 0.4) is 0 Å². The van der Waals surface area contributed by atoms with Crippen LogP contribution in [-0.2, 0) is 16.4 Å². The maximum Gasteiger partial charge on any atom is 0.240 e. The Morgan fingerprint density at radius 2 is 1.86 bits per heavy atom. The summed E-state index contributed by atoms with van der Waals surface area (Å²) in [5.74, 6) is 0.574. The van der Waals surface area contributed by atoms with E-state index in [9.17, 15) is 8.42 Å². The zero-order valence-electron chi connectivity index (χ0n) is 13.5. The lowest BCUT2D eigenvalue weighted by molar-refractivity contribution is 0.439. The monoisotopic (exact) mass is 312 g/mol. The number of benzene rings is 1. The molecule has 0 fully saturated rings. The number of sulfonamides is 1. The van der Waals surface area contributed by atoms with Gasteiger partial charge in [0.05, 0.1) is 4.90 Å². The molecule has 120 valence electrons. The van der Waals surface area contributed by atoms with Crippen molar-refractivity contribution in [1.82, 2.24) is 10.0 Å². The van der Waals surface area contributed by atoms with Crippen molar-refractivity contribution < 1.29 is 8.42 Å². The molecule has 4 nitrogen and oxygen atoms in total. The van der Waals surface area contributed by atoms with Crippen molar-refractivity contribution in [1.29, 1.82) is 0 Å². The van der Waals surface area contributed by atoms with Crippen LogP contribution < -0.4 is 10.0 Å². The van der Waals surface area contributed by atoms with Crippen molar-refractivity contribution >= 4 is 10.0 Å². The molecule has 0 aliphatic heterocycles. The molecule has 0 spiro atoms. The molecular weight excluding hydrogens is 284 g/mol. The van der Waals surface area contributed by atoms with E-state index in [-0.39, 0.29) is 6.04 Å². The second-order valence-electron chi connectivity index (χ2n) is 5.82. The summed E-state index contributed by atoms with van der Waals surface area (Å²) in [4.78, 5) is 0.405. The molecule has 1 aromatic rings. The number of rotatable bonds is 9. The van der Waals surface area contributed by atoms with Gasteiger partial charge in [-0.15, -0.1) is 0 Å². The Kier molecular flexibility index (Phi) is 7.35. The van der Waals surface area contributed by atoms with Crippen LogP contribution in [0.4, 0.5) is 0 Å². The number of hydrogen-bond acceptors (Lipinski definition) is 3. The highest BCUT2D eigenvalue weighted by Gasteiger charge is 2.19. The molecule has 1 rings (SSSR count). The molecule has 1 aromatic carbocycles. The molecule has 0 bridgehead atoms. The van der Waals surface area contributed by atoms with Crippen LogP contribution in [0.2, 0.25) is 0 Å². The van der Waals surface area contributed by atoms with E-state index >= 15 is 0 Å². The van der Waals surface area contributed by atoms with E-state index < -0.39 is 10.0 Å². The van der Waals surface area contributed by atoms with Crippen molar-refractivity contribution in [3.05, 3.63) is 29.8 Å². The number of likely N-dealkylation sites (N-methyl/N-ethyl adjacent to an activating group) is 1. The van der Waals surface area contributed by atoms with E-state index in [1.807, 2.05) is 26.1 Å². The van der Waals surface area contributed by atoms with Gasteiger partial charge in [-0.25, -0.2) is 13.1 Å². The van der Waals surface area contributed by atoms with Gasteiger partial charge in [-0.05, 0) is 43.9 Å².